The van der Waals surface area contributed by atoms with Gasteiger partial charge < -0.3 is 5.73 Å². The van der Waals surface area contributed by atoms with E-state index in [1.54, 1.807) is 4.52 Å². The lowest BCUT2D eigenvalue weighted by Gasteiger charge is -1.90. The molecule has 0 aliphatic rings. The van der Waals surface area contributed by atoms with Gasteiger partial charge in [-0.2, -0.15) is 5.10 Å². The first-order valence-electron chi connectivity index (χ1n) is 4.50. The molecule has 14 heavy (non-hydrogen) atoms. The molecule has 2 aromatic rings. The predicted molar refractivity (Wildman–Crippen MR) is 58.1 cm³/mol. The van der Waals surface area contributed by atoms with Crippen LogP contribution in [-0.4, -0.2) is 21.1 Å². The zero-order valence-corrected chi connectivity index (χ0v) is 9.24. The van der Waals surface area contributed by atoms with E-state index in [0.29, 0.717) is 6.54 Å². The van der Waals surface area contributed by atoms with Crippen molar-refractivity contribution in [2.75, 3.05) is 6.54 Å². The van der Waals surface area contributed by atoms with E-state index in [1.165, 1.54) is 0 Å². The highest BCUT2D eigenvalue weighted by molar-refractivity contribution is 9.10. The molecule has 4 nitrogen and oxygen atoms in total. The lowest BCUT2D eigenvalue weighted by atomic mass is 10.3. The highest BCUT2D eigenvalue weighted by Gasteiger charge is 2.02. The second-order valence-electron chi connectivity index (χ2n) is 3.07. The molecule has 0 fully saturated rings. The maximum Gasteiger partial charge on any atom is 0.156 e. The Morgan fingerprint density at radius 2 is 2.36 bits per heavy atom. The van der Waals surface area contributed by atoms with E-state index >= 15 is 0 Å². The van der Waals surface area contributed by atoms with Gasteiger partial charge in [0.05, 0.1) is 0 Å². The molecule has 0 amide bonds. The van der Waals surface area contributed by atoms with Crippen LogP contribution in [0.25, 0.3) is 5.65 Å². The average molecular weight is 255 g/mol. The fourth-order valence-electron chi connectivity index (χ4n) is 1.27. The zero-order valence-electron chi connectivity index (χ0n) is 7.65. The molecular weight excluding hydrogens is 244 g/mol. The third-order valence-electron chi connectivity index (χ3n) is 1.95. The van der Waals surface area contributed by atoms with E-state index < -0.39 is 0 Å². The number of hydrogen-bond acceptors (Lipinski definition) is 3. The van der Waals surface area contributed by atoms with Crippen LogP contribution in [0.5, 0.6) is 0 Å². The Morgan fingerprint density at radius 1 is 1.50 bits per heavy atom. The van der Waals surface area contributed by atoms with Crippen molar-refractivity contribution in [2.24, 2.45) is 5.73 Å². The summed E-state index contributed by atoms with van der Waals surface area (Å²) < 4.78 is 2.79. The smallest absolute Gasteiger partial charge is 0.156 e. The van der Waals surface area contributed by atoms with Crippen LogP contribution in [0, 0.1) is 0 Å². The van der Waals surface area contributed by atoms with Crippen molar-refractivity contribution in [2.45, 2.75) is 12.8 Å². The summed E-state index contributed by atoms with van der Waals surface area (Å²) in [4.78, 5) is 4.38. The van der Waals surface area contributed by atoms with Crippen molar-refractivity contribution >= 4 is 21.6 Å². The molecule has 0 aromatic carbocycles. The number of rotatable bonds is 3. The molecule has 0 bridgehead atoms. The molecule has 0 aliphatic heterocycles. The Morgan fingerprint density at radius 3 is 3.14 bits per heavy atom. The van der Waals surface area contributed by atoms with Crippen LogP contribution in [0.1, 0.15) is 12.2 Å². The van der Waals surface area contributed by atoms with Crippen LogP contribution in [0.2, 0.25) is 0 Å². The summed E-state index contributed by atoms with van der Waals surface area (Å²) in [5.74, 6) is 0.855. The molecule has 2 rings (SSSR count). The molecule has 5 heteroatoms. The van der Waals surface area contributed by atoms with Crippen LogP contribution >= 0.6 is 15.9 Å². The maximum absolute atomic E-state index is 5.42. The third kappa shape index (κ3) is 1.93. The van der Waals surface area contributed by atoms with Gasteiger partial charge in [0.15, 0.2) is 11.5 Å². The van der Waals surface area contributed by atoms with Crippen LogP contribution < -0.4 is 5.73 Å². The third-order valence-corrected chi connectivity index (χ3v) is 2.44. The van der Waals surface area contributed by atoms with Gasteiger partial charge >= 0.3 is 0 Å². The molecule has 0 unspecified atom stereocenters. The lowest BCUT2D eigenvalue weighted by Crippen LogP contribution is -2.01. The minimum Gasteiger partial charge on any atom is -0.330 e. The van der Waals surface area contributed by atoms with Gasteiger partial charge in [-0.1, -0.05) is 15.9 Å². The molecule has 2 aromatic heterocycles. The number of nitrogens with zero attached hydrogens (tertiary/aromatic N) is 3. The highest BCUT2D eigenvalue weighted by Crippen LogP contribution is 2.11. The molecule has 0 saturated carbocycles. The molecule has 0 spiro atoms. The minimum atomic E-state index is 0.680. The fraction of sp³-hybridized carbons (Fsp3) is 0.333. The topological polar surface area (TPSA) is 56.2 Å². The van der Waals surface area contributed by atoms with Crippen molar-refractivity contribution < 1.29 is 0 Å². The first-order valence-corrected chi connectivity index (χ1v) is 5.30. The Balaban J connectivity index is 2.32. The Bertz CT molecular complexity index is 437. The van der Waals surface area contributed by atoms with Gasteiger partial charge in [-0.25, -0.2) is 9.50 Å². The van der Waals surface area contributed by atoms with Gasteiger partial charge in [-0.05, 0) is 25.1 Å². The van der Waals surface area contributed by atoms with Crippen molar-refractivity contribution in [1.29, 1.82) is 0 Å². The van der Waals surface area contributed by atoms with Gasteiger partial charge in [-0.3, -0.25) is 0 Å². The van der Waals surface area contributed by atoms with Crippen molar-refractivity contribution in [3.8, 4) is 0 Å². The van der Waals surface area contributed by atoms with Crippen molar-refractivity contribution in [1.82, 2.24) is 14.6 Å². The molecular formula is C9H11BrN4. The summed E-state index contributed by atoms with van der Waals surface area (Å²) in [6.07, 6.45) is 3.66. The molecule has 74 valence electrons. The Hall–Kier alpha value is -0.940. The first-order chi connectivity index (χ1) is 6.79. The SMILES string of the molecule is NCCCc1nc2cc(Br)ccn2n1. The molecule has 2 N–H and O–H groups in total. The fourth-order valence-corrected chi connectivity index (χ4v) is 1.59. The van der Waals surface area contributed by atoms with E-state index in [4.69, 9.17) is 5.73 Å². The highest BCUT2D eigenvalue weighted by atomic mass is 79.9. The first kappa shape index (κ1) is 9.61. The molecule has 0 saturated heterocycles. The Kier molecular flexibility index (Phi) is 2.79. The summed E-state index contributed by atoms with van der Waals surface area (Å²) in [7, 11) is 0. The molecule has 0 aliphatic carbocycles. The molecule has 0 radical (unpaired) electrons. The number of nitrogens with two attached hydrogens (primary N) is 1. The normalized spacial score (nSPS) is 11.0. The van der Waals surface area contributed by atoms with E-state index in [-0.39, 0.29) is 0 Å². The van der Waals surface area contributed by atoms with Gasteiger partial charge in [0.1, 0.15) is 0 Å². The number of aryl methyl sites for hydroxylation is 1. The number of fused-ring (bicyclic) bond motifs is 1. The Labute approximate surface area is 90.3 Å². The second kappa shape index (κ2) is 4.06. The monoisotopic (exact) mass is 254 g/mol. The largest absolute Gasteiger partial charge is 0.330 e. The maximum atomic E-state index is 5.42. The molecule has 0 atom stereocenters. The number of aromatic nitrogens is 3. The lowest BCUT2D eigenvalue weighted by molar-refractivity contribution is 0.774. The van der Waals surface area contributed by atoms with E-state index in [0.717, 1.165) is 28.8 Å². The van der Waals surface area contributed by atoms with Crippen LogP contribution in [-0.2, 0) is 6.42 Å². The standard InChI is InChI=1S/C9H11BrN4/c10-7-3-5-14-9(6-7)12-8(13-14)2-1-4-11/h3,5-6H,1-2,4,11H2. The van der Waals surface area contributed by atoms with Gasteiger partial charge in [0.25, 0.3) is 0 Å². The second-order valence-corrected chi connectivity index (χ2v) is 3.98. The van der Waals surface area contributed by atoms with Crippen molar-refractivity contribution in [3.63, 3.8) is 0 Å². The van der Waals surface area contributed by atoms with E-state index in [2.05, 4.69) is 26.0 Å². The summed E-state index contributed by atoms with van der Waals surface area (Å²) in [5, 5.41) is 4.32. The van der Waals surface area contributed by atoms with Gasteiger partial charge in [0, 0.05) is 17.1 Å². The van der Waals surface area contributed by atoms with E-state index in [9.17, 15) is 0 Å². The summed E-state index contributed by atoms with van der Waals surface area (Å²) in [6.45, 7) is 0.680. The average Bonchev–Trinajstić information content (AvgIpc) is 2.56. The molecule has 2 heterocycles. The van der Waals surface area contributed by atoms with Gasteiger partial charge in [-0.15, -0.1) is 0 Å². The van der Waals surface area contributed by atoms with Crippen LogP contribution in [0.15, 0.2) is 22.8 Å². The van der Waals surface area contributed by atoms with Crippen LogP contribution in [0.4, 0.5) is 0 Å². The predicted octanol–water partition coefficient (Wildman–Crippen LogP) is 1.38. The van der Waals surface area contributed by atoms with E-state index in [1.807, 2.05) is 18.3 Å². The zero-order chi connectivity index (χ0) is 9.97. The number of pyridine rings is 1. The number of halogens is 1. The van der Waals surface area contributed by atoms with Crippen LogP contribution in [0.3, 0.4) is 0 Å². The minimum absolute atomic E-state index is 0.680. The van der Waals surface area contributed by atoms with Crippen molar-refractivity contribution in [3.05, 3.63) is 28.6 Å². The summed E-state index contributed by atoms with van der Waals surface area (Å²) in [6, 6.07) is 3.88. The van der Waals surface area contributed by atoms with Gasteiger partial charge in [0.2, 0.25) is 0 Å². The number of hydrogen-bond donors (Lipinski definition) is 1. The summed E-state index contributed by atoms with van der Waals surface area (Å²) >= 11 is 3.39. The quantitative estimate of drug-likeness (QED) is 0.901. The summed E-state index contributed by atoms with van der Waals surface area (Å²) in [5.41, 5.74) is 6.29.